The van der Waals surface area contributed by atoms with E-state index in [-0.39, 0.29) is 18.0 Å². The Morgan fingerprint density at radius 2 is 1.72 bits per heavy atom. The lowest BCUT2D eigenvalue weighted by atomic mass is 10.2. The highest BCUT2D eigenvalue weighted by atomic mass is 79.9. The van der Waals surface area contributed by atoms with E-state index >= 15 is 0 Å². The number of halogens is 2. The fourth-order valence-corrected chi connectivity index (χ4v) is 4.83. The maximum atomic E-state index is 13.4. The number of methoxy groups -OCH3 is 1. The van der Waals surface area contributed by atoms with E-state index in [1.165, 1.54) is 19.2 Å². The molecule has 0 aliphatic carbocycles. The van der Waals surface area contributed by atoms with E-state index in [2.05, 4.69) is 21.2 Å². The Morgan fingerprint density at radius 3 is 2.34 bits per heavy atom. The third kappa shape index (κ3) is 6.10. The Balaban J connectivity index is 1.89. The molecule has 6 nitrogen and oxygen atoms in total. The van der Waals surface area contributed by atoms with Gasteiger partial charge >= 0.3 is 0 Å². The number of anilines is 1. The summed E-state index contributed by atoms with van der Waals surface area (Å²) >= 11 is 9.40. The molecule has 0 spiro atoms. The highest BCUT2D eigenvalue weighted by molar-refractivity contribution is 9.10. The summed E-state index contributed by atoms with van der Waals surface area (Å²) in [7, 11) is -2.46. The zero-order chi connectivity index (χ0) is 23.3. The third-order valence-corrected chi connectivity index (χ3v) is 7.26. The van der Waals surface area contributed by atoms with E-state index in [4.69, 9.17) is 16.3 Å². The van der Waals surface area contributed by atoms with Crippen molar-refractivity contribution in [2.45, 2.75) is 18.4 Å². The van der Waals surface area contributed by atoms with E-state index in [0.29, 0.717) is 16.5 Å². The number of nitrogens with one attached hydrogen (secondary N) is 1. The van der Waals surface area contributed by atoms with Gasteiger partial charge in [0.15, 0.2) is 0 Å². The first-order valence-electron chi connectivity index (χ1n) is 9.63. The lowest BCUT2D eigenvalue weighted by Gasteiger charge is -2.22. The first-order valence-corrected chi connectivity index (χ1v) is 12.2. The fourth-order valence-electron chi connectivity index (χ4n) is 3.01. The van der Waals surface area contributed by atoms with E-state index in [0.717, 1.165) is 19.9 Å². The number of aryl methyl sites for hydroxylation is 1. The van der Waals surface area contributed by atoms with Gasteiger partial charge in [-0.1, -0.05) is 57.4 Å². The van der Waals surface area contributed by atoms with Crippen molar-refractivity contribution >= 4 is 49.1 Å². The second-order valence-corrected chi connectivity index (χ2v) is 10.4. The van der Waals surface area contributed by atoms with Crippen molar-refractivity contribution in [2.75, 3.05) is 19.0 Å². The second kappa shape index (κ2) is 10.5. The molecule has 9 heteroatoms. The van der Waals surface area contributed by atoms with Crippen LogP contribution in [0, 0.1) is 6.92 Å². The highest BCUT2D eigenvalue weighted by Gasteiger charge is 2.27. The fraction of sp³-hybridized carbons (Fsp3) is 0.174. The number of carbonyl (C=O) groups is 1. The minimum atomic E-state index is -3.93. The highest BCUT2D eigenvalue weighted by Crippen LogP contribution is 2.28. The molecule has 0 fully saturated rings. The molecule has 1 N–H and O–H groups in total. The first kappa shape index (κ1) is 24.3. The number of nitrogens with zero attached hydrogens (tertiary/aromatic N) is 1. The first-order chi connectivity index (χ1) is 15.2. The quantitative estimate of drug-likeness (QED) is 0.426. The van der Waals surface area contributed by atoms with Crippen molar-refractivity contribution in [1.82, 2.24) is 4.31 Å². The molecule has 0 unspecified atom stereocenters. The van der Waals surface area contributed by atoms with Gasteiger partial charge < -0.3 is 10.1 Å². The molecule has 3 aromatic carbocycles. The van der Waals surface area contributed by atoms with Crippen molar-refractivity contribution in [1.29, 1.82) is 0 Å². The van der Waals surface area contributed by atoms with Crippen molar-refractivity contribution in [3.05, 3.63) is 87.4 Å². The van der Waals surface area contributed by atoms with Gasteiger partial charge in [0, 0.05) is 16.0 Å². The van der Waals surface area contributed by atoms with Gasteiger partial charge in [-0.2, -0.15) is 4.31 Å². The molecule has 168 valence electrons. The number of ether oxygens (including phenoxy) is 1. The summed E-state index contributed by atoms with van der Waals surface area (Å²) in [6.45, 7) is 1.52. The average molecular weight is 538 g/mol. The van der Waals surface area contributed by atoms with Crippen molar-refractivity contribution in [3.63, 3.8) is 0 Å². The van der Waals surface area contributed by atoms with Gasteiger partial charge in [-0.3, -0.25) is 4.79 Å². The molecule has 1 amide bonds. The molecular formula is C23H22BrClN2O4S. The molecule has 0 radical (unpaired) electrons. The van der Waals surface area contributed by atoms with Gasteiger partial charge in [0.1, 0.15) is 5.75 Å². The molecule has 32 heavy (non-hydrogen) atoms. The summed E-state index contributed by atoms with van der Waals surface area (Å²) in [5.41, 5.74) is 2.05. The van der Waals surface area contributed by atoms with Gasteiger partial charge in [-0.15, -0.1) is 0 Å². The normalized spacial score (nSPS) is 11.4. The van der Waals surface area contributed by atoms with Crippen molar-refractivity contribution in [3.8, 4) is 5.75 Å². The molecule has 0 saturated carbocycles. The van der Waals surface area contributed by atoms with Gasteiger partial charge in [-0.05, 0) is 55.0 Å². The molecule has 3 aromatic rings. The zero-order valence-electron chi connectivity index (χ0n) is 17.5. The number of sulfonamides is 1. The summed E-state index contributed by atoms with van der Waals surface area (Å²) in [5.74, 6) is -0.0954. The van der Waals surface area contributed by atoms with Gasteiger partial charge in [0.25, 0.3) is 0 Å². The van der Waals surface area contributed by atoms with Gasteiger partial charge in [0.2, 0.25) is 15.9 Å². The minimum Gasteiger partial charge on any atom is -0.495 e. The second-order valence-electron chi connectivity index (χ2n) is 7.11. The molecule has 3 rings (SSSR count). The predicted octanol–water partition coefficient (Wildman–Crippen LogP) is 5.25. The summed E-state index contributed by atoms with van der Waals surface area (Å²) in [4.78, 5) is 13.0. The Kier molecular flexibility index (Phi) is 7.95. The van der Waals surface area contributed by atoms with Crippen LogP contribution in [0.4, 0.5) is 5.69 Å². The lowest BCUT2D eigenvalue weighted by molar-refractivity contribution is -0.116. The van der Waals surface area contributed by atoms with Gasteiger partial charge in [0.05, 0.1) is 24.2 Å². The van der Waals surface area contributed by atoms with Crippen molar-refractivity contribution < 1.29 is 17.9 Å². The maximum absolute atomic E-state index is 13.4. The van der Waals surface area contributed by atoms with Crippen molar-refractivity contribution in [2.24, 2.45) is 0 Å². The monoisotopic (exact) mass is 536 g/mol. The molecule has 0 aromatic heterocycles. The van der Waals surface area contributed by atoms with Crippen LogP contribution < -0.4 is 10.1 Å². The van der Waals surface area contributed by atoms with Crippen LogP contribution in [0.2, 0.25) is 5.02 Å². The number of rotatable bonds is 8. The van der Waals surface area contributed by atoms with E-state index in [9.17, 15) is 13.2 Å². The Hall–Kier alpha value is -2.39. The SMILES string of the molecule is COc1ccc(Cl)cc1NC(=O)CN(Cc1ccc(Br)cc1)S(=O)(=O)c1ccc(C)cc1. The number of carbonyl (C=O) groups excluding carboxylic acids is 1. The van der Waals surface area contributed by atoms with Crippen LogP contribution in [0.1, 0.15) is 11.1 Å². The van der Waals surface area contributed by atoms with Crippen LogP contribution in [0.25, 0.3) is 0 Å². The zero-order valence-corrected chi connectivity index (χ0v) is 20.7. The Morgan fingerprint density at radius 1 is 1.06 bits per heavy atom. The van der Waals surface area contributed by atoms with Crippen LogP contribution in [0.3, 0.4) is 0 Å². The van der Waals surface area contributed by atoms with E-state index in [1.807, 2.05) is 19.1 Å². The summed E-state index contributed by atoms with van der Waals surface area (Å²) < 4.78 is 34.0. The summed E-state index contributed by atoms with van der Waals surface area (Å²) in [5, 5.41) is 3.12. The predicted molar refractivity (Wildman–Crippen MR) is 130 cm³/mol. The van der Waals surface area contributed by atoms with E-state index < -0.39 is 15.9 Å². The number of hydrogen-bond donors (Lipinski definition) is 1. The van der Waals surface area contributed by atoms with Gasteiger partial charge in [-0.25, -0.2) is 8.42 Å². The van der Waals surface area contributed by atoms with Crippen LogP contribution in [0.5, 0.6) is 5.75 Å². The van der Waals surface area contributed by atoms with Crippen LogP contribution in [0.15, 0.2) is 76.1 Å². The smallest absolute Gasteiger partial charge is 0.243 e. The third-order valence-electron chi connectivity index (χ3n) is 4.69. The molecule has 0 atom stereocenters. The summed E-state index contributed by atoms with van der Waals surface area (Å²) in [6.07, 6.45) is 0. The Labute approximate surface area is 201 Å². The topological polar surface area (TPSA) is 75.7 Å². The van der Waals surface area contributed by atoms with Crippen LogP contribution in [-0.4, -0.2) is 32.3 Å². The standard InChI is InChI=1S/C23H22BrClN2O4S/c1-16-3-10-20(11-4-16)32(29,30)27(14-17-5-7-18(24)8-6-17)15-23(28)26-21-13-19(25)9-12-22(21)31-2/h3-13H,14-15H2,1-2H3,(H,26,28). The summed E-state index contributed by atoms with van der Waals surface area (Å²) in [6, 6.07) is 18.6. The minimum absolute atomic E-state index is 0.0313. The van der Waals surface area contributed by atoms with E-state index in [1.54, 1.807) is 42.5 Å². The number of hydrogen-bond acceptors (Lipinski definition) is 4. The van der Waals surface area contributed by atoms with Crippen LogP contribution in [-0.2, 0) is 21.4 Å². The molecule has 0 bridgehead atoms. The largest absolute Gasteiger partial charge is 0.495 e. The number of amides is 1. The molecule has 0 aliphatic heterocycles. The number of benzene rings is 3. The van der Waals surface area contributed by atoms with Crippen LogP contribution >= 0.6 is 27.5 Å². The lowest BCUT2D eigenvalue weighted by Crippen LogP contribution is -2.37. The molecule has 0 heterocycles. The molecule has 0 aliphatic rings. The Bertz CT molecular complexity index is 1200. The average Bonchev–Trinajstić information content (AvgIpc) is 2.75. The molecular weight excluding hydrogens is 516 g/mol. The maximum Gasteiger partial charge on any atom is 0.243 e. The molecule has 0 saturated heterocycles.